The highest BCUT2D eigenvalue weighted by Crippen LogP contribution is 2.41. The summed E-state index contributed by atoms with van der Waals surface area (Å²) in [5.74, 6) is -0.579. The molecule has 0 saturated carbocycles. The van der Waals surface area contributed by atoms with Crippen LogP contribution in [0.25, 0.3) is 10.9 Å². The van der Waals surface area contributed by atoms with Gasteiger partial charge in [0, 0.05) is 50.6 Å². The van der Waals surface area contributed by atoms with Crippen LogP contribution < -0.4 is 20.1 Å². The van der Waals surface area contributed by atoms with Crippen molar-refractivity contribution in [1.82, 2.24) is 19.9 Å². The molecule has 0 radical (unpaired) electrons. The van der Waals surface area contributed by atoms with Gasteiger partial charge in [-0.1, -0.05) is 29.8 Å². The number of nitrogens with two attached hydrogens (primary N) is 1. The SMILES string of the molecule is C=CC(=O)N1CCN(c2nc(OCC3CCOC3)nc3c(Oc4c(Cl)c(F)cc(N)c4C=N)nc(Cl)cc23)CC1. The second-order valence-electron chi connectivity index (χ2n) is 9.28. The molecule has 1 aromatic carbocycles. The fourth-order valence-corrected chi connectivity index (χ4v) is 4.95. The van der Waals surface area contributed by atoms with Gasteiger partial charge in [-0.15, -0.1) is 0 Å². The molecule has 4 heterocycles. The molecule has 0 bridgehead atoms. The molecule has 210 valence electrons. The second kappa shape index (κ2) is 11.8. The van der Waals surface area contributed by atoms with Crippen molar-refractivity contribution in [2.24, 2.45) is 5.92 Å². The standard InChI is InChI=1S/C26H26Cl2FN7O4/c1-2-20(37)35-4-6-36(7-5-35)24-15-9-19(27)32-25(40-23-16(11-30)18(31)10-17(29)21(23)28)22(15)33-26(34-24)39-13-14-3-8-38-12-14/h2,9-11,14,30H,1,3-8,12-13,31H2. The van der Waals surface area contributed by atoms with E-state index < -0.39 is 5.82 Å². The van der Waals surface area contributed by atoms with Crippen molar-refractivity contribution in [3.63, 3.8) is 0 Å². The van der Waals surface area contributed by atoms with Crippen LogP contribution in [-0.4, -0.2) is 78.0 Å². The molecular formula is C26H26Cl2FN7O4. The van der Waals surface area contributed by atoms with Crippen molar-refractivity contribution >= 4 is 57.7 Å². The van der Waals surface area contributed by atoms with E-state index in [-0.39, 0.29) is 56.4 Å². The van der Waals surface area contributed by atoms with Crippen LogP contribution in [0.4, 0.5) is 15.9 Å². The number of carbonyl (C=O) groups excluding carboxylic acids is 1. The molecule has 3 aromatic rings. The van der Waals surface area contributed by atoms with E-state index in [1.54, 1.807) is 11.0 Å². The van der Waals surface area contributed by atoms with E-state index in [4.69, 9.17) is 48.6 Å². The summed E-state index contributed by atoms with van der Waals surface area (Å²) in [6.45, 7) is 7.00. The zero-order valence-corrected chi connectivity index (χ0v) is 22.8. The number of rotatable bonds is 8. The van der Waals surface area contributed by atoms with E-state index in [1.165, 1.54) is 6.08 Å². The summed E-state index contributed by atoms with van der Waals surface area (Å²) >= 11 is 12.6. The quantitative estimate of drug-likeness (QED) is 0.172. The third kappa shape index (κ3) is 5.60. The predicted octanol–water partition coefficient (Wildman–Crippen LogP) is 4.09. The Morgan fingerprint density at radius 2 is 2.02 bits per heavy atom. The molecule has 1 atom stereocenters. The lowest BCUT2D eigenvalue weighted by molar-refractivity contribution is -0.126. The Morgan fingerprint density at radius 1 is 1.25 bits per heavy atom. The summed E-state index contributed by atoms with van der Waals surface area (Å²) in [7, 11) is 0. The van der Waals surface area contributed by atoms with Gasteiger partial charge in [0.25, 0.3) is 0 Å². The number of halogens is 3. The van der Waals surface area contributed by atoms with Gasteiger partial charge in [-0.05, 0) is 24.6 Å². The van der Waals surface area contributed by atoms with Crippen LogP contribution in [0, 0.1) is 17.1 Å². The fraction of sp³-hybridized carbons (Fsp3) is 0.346. The van der Waals surface area contributed by atoms with Crippen molar-refractivity contribution in [3.8, 4) is 17.6 Å². The van der Waals surface area contributed by atoms with E-state index in [2.05, 4.69) is 21.5 Å². The van der Waals surface area contributed by atoms with Gasteiger partial charge in [-0.2, -0.15) is 15.0 Å². The Balaban J connectivity index is 1.59. The third-order valence-corrected chi connectivity index (χ3v) is 7.25. The fourth-order valence-electron chi connectivity index (χ4n) is 4.57. The Morgan fingerprint density at radius 3 is 2.70 bits per heavy atom. The lowest BCUT2D eigenvalue weighted by Gasteiger charge is -2.35. The second-order valence-corrected chi connectivity index (χ2v) is 10.0. The molecule has 2 fully saturated rings. The lowest BCUT2D eigenvalue weighted by Crippen LogP contribution is -2.48. The zero-order chi connectivity index (χ0) is 28.4. The molecule has 2 aliphatic heterocycles. The molecule has 2 aliphatic rings. The number of benzene rings is 1. The highest BCUT2D eigenvalue weighted by atomic mass is 35.5. The van der Waals surface area contributed by atoms with Gasteiger partial charge in [0.1, 0.15) is 27.3 Å². The summed E-state index contributed by atoms with van der Waals surface area (Å²) in [6, 6.07) is 2.67. The summed E-state index contributed by atoms with van der Waals surface area (Å²) in [5.41, 5.74) is 6.17. The number of carbonyl (C=O) groups is 1. The number of piperazine rings is 1. The average Bonchev–Trinajstić information content (AvgIpc) is 3.48. The Hall–Kier alpha value is -3.74. The first-order valence-corrected chi connectivity index (χ1v) is 13.3. The van der Waals surface area contributed by atoms with Crippen LogP contribution in [0.15, 0.2) is 24.8 Å². The van der Waals surface area contributed by atoms with Crippen molar-refractivity contribution < 1.29 is 23.4 Å². The van der Waals surface area contributed by atoms with E-state index in [0.29, 0.717) is 57.2 Å². The molecule has 14 heteroatoms. The first kappa shape index (κ1) is 27.8. The van der Waals surface area contributed by atoms with Crippen LogP contribution in [-0.2, 0) is 9.53 Å². The van der Waals surface area contributed by atoms with E-state index in [1.807, 2.05) is 4.90 Å². The Bertz CT molecular complexity index is 1480. The van der Waals surface area contributed by atoms with Crippen LogP contribution in [0.1, 0.15) is 12.0 Å². The third-order valence-electron chi connectivity index (χ3n) is 6.71. The summed E-state index contributed by atoms with van der Waals surface area (Å²) < 4.78 is 31.9. The maximum Gasteiger partial charge on any atom is 0.319 e. The van der Waals surface area contributed by atoms with Crippen molar-refractivity contribution in [3.05, 3.63) is 46.3 Å². The minimum absolute atomic E-state index is 0.0386. The number of anilines is 2. The van der Waals surface area contributed by atoms with Gasteiger partial charge in [0.2, 0.25) is 11.8 Å². The number of hydrogen-bond donors (Lipinski definition) is 2. The molecule has 40 heavy (non-hydrogen) atoms. The molecule has 3 N–H and O–H groups in total. The summed E-state index contributed by atoms with van der Waals surface area (Å²) in [6.07, 6.45) is 3.05. The molecule has 5 rings (SSSR count). The first-order chi connectivity index (χ1) is 19.3. The number of hydrogen-bond acceptors (Lipinski definition) is 10. The van der Waals surface area contributed by atoms with Crippen molar-refractivity contribution in [1.29, 1.82) is 5.41 Å². The van der Waals surface area contributed by atoms with Gasteiger partial charge in [-0.25, -0.2) is 4.39 Å². The number of fused-ring (bicyclic) bond motifs is 1. The van der Waals surface area contributed by atoms with E-state index in [0.717, 1.165) is 18.7 Å². The normalized spacial score (nSPS) is 17.2. The lowest BCUT2D eigenvalue weighted by atomic mass is 10.1. The monoisotopic (exact) mass is 589 g/mol. The molecule has 1 unspecified atom stereocenters. The molecule has 11 nitrogen and oxygen atoms in total. The number of pyridine rings is 1. The molecular weight excluding hydrogens is 564 g/mol. The Kier molecular flexibility index (Phi) is 8.19. The number of nitrogens with zero attached hydrogens (tertiary/aromatic N) is 5. The smallest absolute Gasteiger partial charge is 0.319 e. The maximum atomic E-state index is 14.5. The highest BCUT2D eigenvalue weighted by Gasteiger charge is 2.27. The van der Waals surface area contributed by atoms with Crippen LogP contribution in [0.2, 0.25) is 10.2 Å². The van der Waals surface area contributed by atoms with E-state index in [9.17, 15) is 9.18 Å². The Labute approximate surface area is 239 Å². The molecule has 2 aromatic heterocycles. The molecule has 1 amide bonds. The van der Waals surface area contributed by atoms with Gasteiger partial charge < -0.3 is 35.2 Å². The van der Waals surface area contributed by atoms with Gasteiger partial charge >= 0.3 is 6.01 Å². The van der Waals surface area contributed by atoms with Gasteiger partial charge in [0.15, 0.2) is 5.75 Å². The average molecular weight is 590 g/mol. The number of nitrogen functional groups attached to an aromatic ring is 1. The minimum Gasteiger partial charge on any atom is -0.463 e. The van der Waals surface area contributed by atoms with Gasteiger partial charge in [0.05, 0.1) is 24.2 Å². The molecule has 0 aliphatic carbocycles. The highest BCUT2D eigenvalue weighted by molar-refractivity contribution is 6.33. The largest absolute Gasteiger partial charge is 0.463 e. The topological polar surface area (TPSA) is 140 Å². The van der Waals surface area contributed by atoms with Crippen LogP contribution in [0.3, 0.4) is 0 Å². The van der Waals surface area contributed by atoms with E-state index >= 15 is 0 Å². The zero-order valence-electron chi connectivity index (χ0n) is 21.3. The number of aromatic nitrogens is 3. The summed E-state index contributed by atoms with van der Waals surface area (Å²) in [4.78, 5) is 29.3. The first-order valence-electron chi connectivity index (χ1n) is 12.5. The number of amides is 1. The van der Waals surface area contributed by atoms with Gasteiger partial charge in [-0.3, -0.25) is 4.79 Å². The molecule has 2 saturated heterocycles. The maximum absolute atomic E-state index is 14.5. The van der Waals surface area contributed by atoms with Crippen LogP contribution >= 0.6 is 23.2 Å². The number of ether oxygens (including phenoxy) is 3. The summed E-state index contributed by atoms with van der Waals surface area (Å²) in [5, 5.41) is 7.93. The number of nitrogens with one attached hydrogen (secondary N) is 1. The molecule has 0 spiro atoms. The minimum atomic E-state index is -0.823. The van der Waals surface area contributed by atoms with Crippen molar-refractivity contribution in [2.45, 2.75) is 6.42 Å². The van der Waals surface area contributed by atoms with Crippen LogP contribution in [0.5, 0.6) is 17.6 Å². The predicted molar refractivity (Wildman–Crippen MR) is 150 cm³/mol. The van der Waals surface area contributed by atoms with Crippen molar-refractivity contribution in [2.75, 3.05) is 56.6 Å².